The van der Waals surface area contributed by atoms with Crippen LogP contribution in [0.2, 0.25) is 5.02 Å². The molecule has 3 saturated heterocycles. The van der Waals surface area contributed by atoms with Gasteiger partial charge in [0.15, 0.2) is 11.8 Å². The zero-order valence-electron chi connectivity index (χ0n) is 22.1. The molecule has 1 saturated carbocycles. The van der Waals surface area contributed by atoms with Gasteiger partial charge in [-0.3, -0.25) is 0 Å². The summed E-state index contributed by atoms with van der Waals surface area (Å²) in [5.41, 5.74) is 4.02. The second-order valence-electron chi connectivity index (χ2n) is 11.2. The van der Waals surface area contributed by atoms with Gasteiger partial charge in [-0.15, -0.1) is 0 Å². The zero-order valence-corrected chi connectivity index (χ0v) is 22.9. The van der Waals surface area contributed by atoms with Crippen molar-refractivity contribution in [1.29, 1.82) is 0 Å². The topological polar surface area (TPSA) is 119 Å². The quantitative estimate of drug-likeness (QED) is 0.463. The van der Waals surface area contributed by atoms with Crippen molar-refractivity contribution in [2.24, 2.45) is 0 Å². The van der Waals surface area contributed by atoms with Gasteiger partial charge in [0.05, 0.1) is 29.4 Å². The third-order valence-corrected chi connectivity index (χ3v) is 8.90. The van der Waals surface area contributed by atoms with Gasteiger partial charge in [-0.1, -0.05) is 35.9 Å². The Balaban J connectivity index is 0.994. The van der Waals surface area contributed by atoms with Crippen LogP contribution in [-0.2, 0) is 14.2 Å². The first-order chi connectivity index (χ1) is 19.5. The number of H-pyrrole nitrogens is 1. The molecule has 4 aliphatic rings. The molecule has 2 N–H and O–H groups in total. The van der Waals surface area contributed by atoms with E-state index < -0.39 is 6.10 Å². The van der Waals surface area contributed by atoms with Gasteiger partial charge in [0.2, 0.25) is 0 Å². The average Bonchev–Trinajstić information content (AvgIpc) is 3.76. The molecule has 1 aromatic carbocycles. The van der Waals surface area contributed by atoms with Crippen LogP contribution in [0.5, 0.6) is 6.01 Å². The minimum atomic E-state index is -0.636. The van der Waals surface area contributed by atoms with Crippen LogP contribution in [0, 0.1) is 0 Å². The molecule has 40 heavy (non-hydrogen) atoms. The van der Waals surface area contributed by atoms with E-state index in [0.29, 0.717) is 40.4 Å². The van der Waals surface area contributed by atoms with Gasteiger partial charge in [0.1, 0.15) is 24.4 Å². The molecule has 4 fully saturated rings. The summed E-state index contributed by atoms with van der Waals surface area (Å²) in [6, 6.07) is 10.5. The maximum atomic E-state index is 12.3. The third kappa shape index (κ3) is 5.02. The monoisotopic (exact) mass is 568 g/mol. The van der Waals surface area contributed by atoms with Gasteiger partial charge in [-0.2, -0.15) is 4.98 Å². The number of hydrogen-bond acceptors (Lipinski definition) is 8. The smallest absolute Gasteiger partial charge is 0.410 e. The first-order valence-corrected chi connectivity index (χ1v) is 14.6. The van der Waals surface area contributed by atoms with Crippen molar-refractivity contribution in [1.82, 2.24) is 19.9 Å². The highest BCUT2D eigenvalue weighted by atomic mass is 35.5. The van der Waals surface area contributed by atoms with Crippen molar-refractivity contribution in [3.05, 3.63) is 40.9 Å². The van der Waals surface area contributed by atoms with Gasteiger partial charge in [0.25, 0.3) is 6.01 Å². The van der Waals surface area contributed by atoms with E-state index in [1.165, 1.54) is 5.56 Å². The molecule has 0 radical (unpaired) electrons. The number of carbonyl (C=O) groups excluding carboxylic acids is 1. The van der Waals surface area contributed by atoms with Crippen LogP contribution in [0.3, 0.4) is 0 Å². The summed E-state index contributed by atoms with van der Waals surface area (Å²) in [6.07, 6.45) is 4.09. The van der Waals surface area contributed by atoms with Crippen LogP contribution in [0.4, 0.5) is 4.79 Å². The molecule has 3 aromatic rings. The van der Waals surface area contributed by atoms with Crippen molar-refractivity contribution in [2.45, 2.75) is 75.0 Å². The number of fused-ring (bicyclic) bond motifs is 2. The number of nitrogens with zero attached hydrogens (tertiary/aromatic N) is 3. The number of carbonyl (C=O) groups is 1. The summed E-state index contributed by atoms with van der Waals surface area (Å²) in [4.78, 5) is 26.5. The molecule has 11 heteroatoms. The SMILES string of the molecule is O=C(OC1CCC(c2ccc(-c3nc4nc(OC5COC6C(O)COC56)[nH]c4cc3Cl)cc2)CC1)N1CCCC1. The summed E-state index contributed by atoms with van der Waals surface area (Å²) in [5.74, 6) is 0.442. The number of rotatable bonds is 5. The Kier molecular flexibility index (Phi) is 7.03. The summed E-state index contributed by atoms with van der Waals surface area (Å²) in [6.45, 7) is 2.20. The van der Waals surface area contributed by atoms with E-state index in [1.807, 2.05) is 11.0 Å². The molecule has 7 rings (SSSR count). The molecule has 0 bridgehead atoms. The molecule has 10 nitrogen and oxygen atoms in total. The number of nitrogens with one attached hydrogen (secondary N) is 1. The Bertz CT molecular complexity index is 1370. The molecule has 2 aromatic heterocycles. The van der Waals surface area contributed by atoms with Gasteiger partial charge in [-0.25, -0.2) is 9.78 Å². The first-order valence-electron chi connectivity index (χ1n) is 14.2. The summed E-state index contributed by atoms with van der Waals surface area (Å²) in [5, 5.41) is 10.5. The second kappa shape index (κ2) is 10.8. The number of aliphatic hydroxyl groups excluding tert-OH is 1. The van der Waals surface area contributed by atoms with E-state index in [9.17, 15) is 9.90 Å². The molecule has 4 unspecified atom stereocenters. The van der Waals surface area contributed by atoms with Crippen molar-refractivity contribution in [2.75, 3.05) is 26.3 Å². The van der Waals surface area contributed by atoms with E-state index in [2.05, 4.69) is 34.2 Å². The molecule has 4 atom stereocenters. The number of pyridine rings is 1. The highest BCUT2D eigenvalue weighted by Crippen LogP contribution is 2.37. The van der Waals surface area contributed by atoms with Crippen LogP contribution in [-0.4, -0.2) is 87.9 Å². The molecule has 1 aliphatic carbocycles. The minimum Gasteiger partial charge on any atom is -0.456 e. The first kappa shape index (κ1) is 26.0. The van der Waals surface area contributed by atoms with Crippen LogP contribution in [0.1, 0.15) is 50.0 Å². The molecular weight excluding hydrogens is 536 g/mol. The number of aliphatic hydroxyl groups is 1. The largest absolute Gasteiger partial charge is 0.456 e. The van der Waals surface area contributed by atoms with E-state index in [1.54, 1.807) is 0 Å². The fourth-order valence-electron chi connectivity index (χ4n) is 6.39. The molecule has 5 heterocycles. The average molecular weight is 569 g/mol. The third-order valence-electron chi connectivity index (χ3n) is 8.61. The fourth-order valence-corrected chi connectivity index (χ4v) is 6.65. The zero-order chi connectivity index (χ0) is 27.2. The summed E-state index contributed by atoms with van der Waals surface area (Å²) in [7, 11) is 0. The maximum Gasteiger partial charge on any atom is 0.410 e. The van der Waals surface area contributed by atoms with Crippen molar-refractivity contribution < 1.29 is 28.8 Å². The number of halogens is 1. The van der Waals surface area contributed by atoms with Gasteiger partial charge < -0.3 is 33.9 Å². The van der Waals surface area contributed by atoms with Crippen LogP contribution in [0.15, 0.2) is 30.3 Å². The predicted octanol–water partition coefficient (Wildman–Crippen LogP) is 4.44. The molecular formula is C29H33ClN4O6. The number of aromatic amines is 1. The number of benzene rings is 1. The second-order valence-corrected chi connectivity index (χ2v) is 11.6. The minimum absolute atomic E-state index is 0.0148. The number of amides is 1. The van der Waals surface area contributed by atoms with Gasteiger partial charge in [-0.05, 0) is 56.1 Å². The fraction of sp³-hybridized carbons (Fsp3) is 0.552. The van der Waals surface area contributed by atoms with Crippen LogP contribution >= 0.6 is 11.6 Å². The standard InChI is InChI=1S/C29H33ClN4O6/c30-20-13-21-27(33-28(31-21)40-23-15-38-25-22(35)14-37-26(23)25)32-24(20)18-5-3-16(4-6-18)17-7-9-19(10-8-17)39-29(36)34-11-1-2-12-34/h3-6,13,17,19,22-23,25-26,35H,1-2,7-12,14-15H2,(H,31,32,33). The highest BCUT2D eigenvalue weighted by molar-refractivity contribution is 6.33. The Hall–Kier alpha value is -2.92. The van der Waals surface area contributed by atoms with E-state index in [-0.39, 0.29) is 37.1 Å². The lowest BCUT2D eigenvalue weighted by molar-refractivity contribution is 0.00706. The van der Waals surface area contributed by atoms with E-state index in [0.717, 1.165) is 57.2 Å². The van der Waals surface area contributed by atoms with Crippen molar-refractivity contribution in [3.8, 4) is 17.3 Å². The molecule has 0 spiro atoms. The lowest BCUT2D eigenvalue weighted by Gasteiger charge is -2.30. The Labute approximate surface area is 236 Å². The Morgan fingerprint density at radius 1 is 1.02 bits per heavy atom. The van der Waals surface area contributed by atoms with Crippen molar-refractivity contribution in [3.63, 3.8) is 0 Å². The van der Waals surface area contributed by atoms with Crippen LogP contribution < -0.4 is 4.74 Å². The van der Waals surface area contributed by atoms with Crippen LogP contribution in [0.25, 0.3) is 22.4 Å². The van der Waals surface area contributed by atoms with Gasteiger partial charge >= 0.3 is 6.09 Å². The number of hydrogen-bond donors (Lipinski definition) is 2. The number of aromatic nitrogens is 3. The van der Waals surface area contributed by atoms with E-state index in [4.69, 9.17) is 35.5 Å². The molecule has 212 valence electrons. The summed E-state index contributed by atoms with van der Waals surface area (Å²) >= 11 is 6.64. The highest BCUT2D eigenvalue weighted by Gasteiger charge is 2.48. The van der Waals surface area contributed by atoms with Gasteiger partial charge in [0, 0.05) is 18.7 Å². The summed E-state index contributed by atoms with van der Waals surface area (Å²) < 4.78 is 23.0. The van der Waals surface area contributed by atoms with Crippen molar-refractivity contribution >= 4 is 28.9 Å². The number of ether oxygens (including phenoxy) is 4. The lowest BCUT2D eigenvalue weighted by atomic mass is 9.82. The normalized spacial score (nSPS) is 30.1. The number of likely N-dealkylation sites (tertiary alicyclic amines) is 1. The lowest BCUT2D eigenvalue weighted by Crippen LogP contribution is -2.34. The number of imidazole rings is 1. The Morgan fingerprint density at radius 3 is 2.55 bits per heavy atom. The predicted molar refractivity (Wildman–Crippen MR) is 147 cm³/mol. The molecule has 1 amide bonds. The maximum absolute atomic E-state index is 12.3. The van der Waals surface area contributed by atoms with E-state index >= 15 is 0 Å². The Morgan fingerprint density at radius 2 is 1.77 bits per heavy atom. The molecule has 3 aliphatic heterocycles.